The normalized spacial score (nSPS) is 15.7. The standard InChI is InChI=1S/C26H26ClN3O3S/c1-5-29(6-2)25(32)22-16(3)28-26-30(23(22)18-12-8-10-14-20(18)33-4)24(31)21(34-26)15-17-11-7-9-13-19(17)27/h7-15,23H,5-6H2,1-4H3/b21-15-. The highest BCUT2D eigenvalue weighted by Gasteiger charge is 2.35. The molecular formula is C26H26ClN3O3S. The first-order valence-corrected chi connectivity index (χ1v) is 12.3. The van der Waals surface area contributed by atoms with Crippen molar-refractivity contribution in [1.82, 2.24) is 9.47 Å². The highest BCUT2D eigenvalue weighted by molar-refractivity contribution is 7.07. The number of hydrogen-bond acceptors (Lipinski definition) is 5. The number of halogens is 1. The molecule has 0 saturated heterocycles. The van der Waals surface area contributed by atoms with Gasteiger partial charge in [0.25, 0.3) is 11.5 Å². The van der Waals surface area contributed by atoms with Gasteiger partial charge in [-0.2, -0.15) is 0 Å². The number of methoxy groups -OCH3 is 1. The van der Waals surface area contributed by atoms with Gasteiger partial charge in [-0.3, -0.25) is 14.2 Å². The van der Waals surface area contributed by atoms with Crippen LogP contribution in [0, 0.1) is 0 Å². The predicted molar refractivity (Wildman–Crippen MR) is 136 cm³/mol. The van der Waals surface area contributed by atoms with E-state index in [0.717, 1.165) is 11.1 Å². The molecule has 3 aromatic rings. The molecule has 2 heterocycles. The molecule has 1 atom stereocenters. The summed E-state index contributed by atoms with van der Waals surface area (Å²) in [6.45, 7) is 6.82. The number of aromatic nitrogens is 1. The van der Waals surface area contributed by atoms with E-state index in [1.165, 1.54) is 11.3 Å². The van der Waals surface area contributed by atoms with E-state index in [2.05, 4.69) is 0 Å². The largest absolute Gasteiger partial charge is 0.496 e. The topological polar surface area (TPSA) is 63.9 Å². The summed E-state index contributed by atoms with van der Waals surface area (Å²) in [5, 5.41) is 0.559. The van der Waals surface area contributed by atoms with Gasteiger partial charge >= 0.3 is 0 Å². The predicted octanol–water partition coefficient (Wildman–Crippen LogP) is 3.77. The minimum Gasteiger partial charge on any atom is -0.496 e. The summed E-state index contributed by atoms with van der Waals surface area (Å²) in [5.41, 5.74) is 2.33. The van der Waals surface area contributed by atoms with Crippen molar-refractivity contribution >= 4 is 34.9 Å². The van der Waals surface area contributed by atoms with Crippen molar-refractivity contribution in [2.75, 3.05) is 20.2 Å². The Balaban J connectivity index is 2.02. The lowest BCUT2D eigenvalue weighted by molar-refractivity contribution is -0.127. The number of likely N-dealkylation sites (N-methyl/N-ethyl adjacent to an activating group) is 1. The Morgan fingerprint density at radius 1 is 1.18 bits per heavy atom. The van der Waals surface area contributed by atoms with Crippen molar-refractivity contribution in [3.63, 3.8) is 0 Å². The fourth-order valence-electron chi connectivity index (χ4n) is 4.20. The molecule has 8 heteroatoms. The second-order valence-corrected chi connectivity index (χ2v) is 9.24. The second kappa shape index (κ2) is 9.99. The fraction of sp³-hybridized carbons (Fsp3) is 0.269. The lowest BCUT2D eigenvalue weighted by Crippen LogP contribution is -2.43. The smallest absolute Gasteiger partial charge is 0.271 e. The number of ether oxygens (including phenoxy) is 1. The Kier molecular flexibility index (Phi) is 7.05. The van der Waals surface area contributed by atoms with Gasteiger partial charge in [-0.15, -0.1) is 0 Å². The Labute approximate surface area is 207 Å². The lowest BCUT2D eigenvalue weighted by Gasteiger charge is -2.29. The van der Waals surface area contributed by atoms with E-state index in [0.29, 0.717) is 44.5 Å². The number of carbonyl (C=O) groups excluding carboxylic acids is 1. The van der Waals surface area contributed by atoms with E-state index < -0.39 is 6.04 Å². The molecule has 2 aromatic carbocycles. The van der Waals surface area contributed by atoms with Crippen LogP contribution in [-0.4, -0.2) is 35.6 Å². The van der Waals surface area contributed by atoms with Crippen molar-refractivity contribution in [2.45, 2.75) is 26.8 Å². The summed E-state index contributed by atoms with van der Waals surface area (Å²) in [6.07, 6.45) is 1.77. The number of nitrogens with zero attached hydrogens (tertiary/aromatic N) is 3. The molecule has 0 bridgehead atoms. The van der Waals surface area contributed by atoms with Gasteiger partial charge in [0.1, 0.15) is 11.8 Å². The van der Waals surface area contributed by atoms with E-state index in [1.807, 2.05) is 63.2 Å². The third-order valence-electron chi connectivity index (χ3n) is 5.93. The Bertz CT molecular complexity index is 1450. The third kappa shape index (κ3) is 4.21. The van der Waals surface area contributed by atoms with Crippen LogP contribution in [0.1, 0.15) is 37.9 Å². The molecule has 1 amide bonds. The highest BCUT2D eigenvalue weighted by atomic mass is 35.5. The number of thiazole rings is 1. The number of allylic oxidation sites excluding steroid dienone is 1. The molecule has 1 unspecified atom stereocenters. The van der Waals surface area contributed by atoms with Crippen LogP contribution in [0.25, 0.3) is 6.08 Å². The Hall–Kier alpha value is -3.16. The summed E-state index contributed by atoms with van der Waals surface area (Å²) >= 11 is 7.62. The zero-order valence-corrected chi connectivity index (χ0v) is 21.1. The molecule has 0 N–H and O–H groups in total. The van der Waals surface area contributed by atoms with Crippen LogP contribution in [0.2, 0.25) is 5.02 Å². The molecule has 0 radical (unpaired) electrons. The maximum Gasteiger partial charge on any atom is 0.271 e. The molecule has 0 fully saturated rings. The average Bonchev–Trinajstić information content (AvgIpc) is 3.14. The van der Waals surface area contributed by atoms with Gasteiger partial charge < -0.3 is 9.64 Å². The van der Waals surface area contributed by atoms with Gasteiger partial charge in [-0.05, 0) is 44.5 Å². The minimum absolute atomic E-state index is 0.137. The number of para-hydroxylation sites is 1. The van der Waals surface area contributed by atoms with Crippen LogP contribution in [-0.2, 0) is 4.79 Å². The van der Waals surface area contributed by atoms with Crippen LogP contribution in [0.3, 0.4) is 0 Å². The number of fused-ring (bicyclic) bond motifs is 1. The van der Waals surface area contributed by atoms with Gasteiger partial charge in [0.15, 0.2) is 4.80 Å². The number of amides is 1. The molecule has 176 valence electrons. The van der Waals surface area contributed by atoms with Gasteiger partial charge in [-0.25, -0.2) is 4.99 Å². The van der Waals surface area contributed by atoms with Crippen molar-refractivity contribution < 1.29 is 9.53 Å². The molecule has 0 saturated carbocycles. The van der Waals surface area contributed by atoms with Crippen molar-refractivity contribution in [3.8, 4) is 5.75 Å². The van der Waals surface area contributed by atoms with Gasteiger partial charge in [0, 0.05) is 23.7 Å². The number of hydrogen-bond donors (Lipinski definition) is 0. The van der Waals surface area contributed by atoms with Crippen molar-refractivity contribution in [1.29, 1.82) is 0 Å². The van der Waals surface area contributed by atoms with Gasteiger partial charge in [0.05, 0.1) is 22.9 Å². The maximum atomic E-state index is 13.7. The zero-order chi connectivity index (χ0) is 24.4. The Morgan fingerprint density at radius 2 is 1.85 bits per heavy atom. The van der Waals surface area contributed by atoms with E-state index in [9.17, 15) is 9.59 Å². The zero-order valence-electron chi connectivity index (χ0n) is 19.5. The summed E-state index contributed by atoms with van der Waals surface area (Å²) < 4.78 is 7.74. The summed E-state index contributed by atoms with van der Waals surface area (Å²) in [4.78, 5) is 34.4. The number of benzene rings is 2. The first-order valence-electron chi connectivity index (χ1n) is 11.1. The first kappa shape index (κ1) is 24.0. The lowest BCUT2D eigenvalue weighted by atomic mass is 9.94. The molecule has 0 aliphatic carbocycles. The fourth-order valence-corrected chi connectivity index (χ4v) is 5.42. The van der Waals surface area contributed by atoms with E-state index >= 15 is 0 Å². The van der Waals surface area contributed by atoms with Crippen molar-refractivity contribution in [2.24, 2.45) is 4.99 Å². The first-order chi connectivity index (χ1) is 16.4. The summed E-state index contributed by atoms with van der Waals surface area (Å²) in [5.74, 6) is 0.468. The van der Waals surface area contributed by atoms with Crippen molar-refractivity contribution in [3.05, 3.63) is 95.6 Å². The van der Waals surface area contributed by atoms with Crippen LogP contribution in [0.15, 0.2) is 69.6 Å². The third-order valence-corrected chi connectivity index (χ3v) is 7.26. The molecule has 0 spiro atoms. The van der Waals surface area contributed by atoms with Gasteiger partial charge in [-0.1, -0.05) is 59.3 Å². The van der Waals surface area contributed by atoms with E-state index in [4.69, 9.17) is 21.3 Å². The molecular weight excluding hydrogens is 470 g/mol. The van der Waals surface area contributed by atoms with E-state index in [-0.39, 0.29) is 11.5 Å². The SMILES string of the molecule is CCN(CC)C(=O)C1=C(C)N=c2s/c(=C\c3ccccc3Cl)c(=O)n2C1c1ccccc1OC. The quantitative estimate of drug-likeness (QED) is 0.523. The Morgan fingerprint density at radius 3 is 2.53 bits per heavy atom. The maximum absolute atomic E-state index is 13.7. The van der Waals surface area contributed by atoms with Crippen LogP contribution >= 0.6 is 22.9 Å². The monoisotopic (exact) mass is 495 g/mol. The van der Waals surface area contributed by atoms with E-state index in [1.54, 1.807) is 28.7 Å². The van der Waals surface area contributed by atoms with Crippen LogP contribution in [0.5, 0.6) is 5.75 Å². The highest BCUT2D eigenvalue weighted by Crippen LogP contribution is 2.36. The molecule has 1 aromatic heterocycles. The molecule has 6 nitrogen and oxygen atoms in total. The molecule has 4 rings (SSSR count). The summed E-state index contributed by atoms with van der Waals surface area (Å²) in [7, 11) is 1.59. The average molecular weight is 496 g/mol. The minimum atomic E-state index is -0.658. The number of carbonyl (C=O) groups is 1. The van der Waals surface area contributed by atoms with Crippen LogP contribution < -0.4 is 19.6 Å². The molecule has 1 aliphatic heterocycles. The van der Waals surface area contributed by atoms with Gasteiger partial charge in [0.2, 0.25) is 0 Å². The second-order valence-electron chi connectivity index (χ2n) is 7.82. The summed E-state index contributed by atoms with van der Waals surface area (Å²) in [6, 6.07) is 14.2. The number of rotatable bonds is 6. The molecule has 1 aliphatic rings. The van der Waals surface area contributed by atoms with Crippen LogP contribution in [0.4, 0.5) is 0 Å². The molecule has 34 heavy (non-hydrogen) atoms.